The number of aliphatic carboxylic acids is 1. The van der Waals surface area contributed by atoms with E-state index in [1.165, 1.54) is 12.2 Å². The molecule has 2 aromatic rings. The number of nitrogens with one attached hydrogen (secondary N) is 2. The molecule has 2 aromatic carbocycles. The first kappa shape index (κ1) is 25.1. The van der Waals surface area contributed by atoms with Crippen LogP contribution < -0.4 is 10.6 Å². The molecule has 2 amide bonds. The van der Waals surface area contributed by atoms with Crippen LogP contribution in [0.4, 0.5) is 18.0 Å². The maximum atomic E-state index is 12.7. The third-order valence-corrected chi connectivity index (χ3v) is 5.74. The molecule has 7 nitrogen and oxygen atoms in total. The summed E-state index contributed by atoms with van der Waals surface area (Å²) >= 11 is 0. The van der Waals surface area contributed by atoms with Crippen LogP contribution in [0.3, 0.4) is 0 Å². The number of alkyl carbamates (subject to hydrolysis) is 1. The number of carboxylic acids is 1. The Kier molecular flexibility index (Phi) is 7.80. The van der Waals surface area contributed by atoms with Gasteiger partial charge in [0.25, 0.3) is 0 Å². The third kappa shape index (κ3) is 5.86. The van der Waals surface area contributed by atoms with Gasteiger partial charge in [-0.3, -0.25) is 4.79 Å². The molecule has 0 fully saturated rings. The first-order chi connectivity index (χ1) is 16.1. The van der Waals surface area contributed by atoms with Gasteiger partial charge in [0.1, 0.15) is 6.61 Å². The molecule has 2 atom stereocenters. The van der Waals surface area contributed by atoms with Gasteiger partial charge in [0.2, 0.25) is 11.9 Å². The predicted molar refractivity (Wildman–Crippen MR) is 117 cm³/mol. The molecule has 1 aliphatic carbocycles. The zero-order valence-corrected chi connectivity index (χ0v) is 18.4. The summed E-state index contributed by atoms with van der Waals surface area (Å²) in [6, 6.07) is 12.9. The fourth-order valence-corrected chi connectivity index (χ4v) is 3.95. The molecule has 182 valence electrons. The lowest BCUT2D eigenvalue weighted by atomic mass is 9.98. The number of halogens is 3. The van der Waals surface area contributed by atoms with E-state index in [1.807, 2.05) is 48.5 Å². The minimum Gasteiger partial charge on any atom is -0.479 e. The molecule has 0 aliphatic heterocycles. The summed E-state index contributed by atoms with van der Waals surface area (Å²) < 4.78 is 43.4. The van der Waals surface area contributed by atoms with Crippen molar-refractivity contribution in [2.75, 3.05) is 13.2 Å². The molecule has 0 saturated carbocycles. The van der Waals surface area contributed by atoms with Crippen molar-refractivity contribution in [1.29, 1.82) is 0 Å². The predicted octanol–water partition coefficient (Wildman–Crippen LogP) is 4.07. The Labute approximate surface area is 194 Å². The van der Waals surface area contributed by atoms with Gasteiger partial charge in [-0.25, -0.2) is 9.59 Å². The number of carbonyl (C=O) groups excluding carboxylic acids is 2. The van der Waals surface area contributed by atoms with Crippen molar-refractivity contribution in [2.24, 2.45) is 5.92 Å². The van der Waals surface area contributed by atoms with Crippen LogP contribution in [-0.2, 0) is 14.3 Å². The largest absolute Gasteiger partial charge is 0.479 e. The standard InChI is InChI=1S/C24H25F3N2O5/c1-14(21(30)29-20(22(31)32)24(25,26)27)7-6-12-28-23(33)34-13-19-17-10-4-2-8-15(17)16-9-3-5-11-18(16)19/h2-5,8-11,14,19-20H,6-7,12-13H2,1H3,(H,28,33)(H,29,30)(H,31,32). The smallest absolute Gasteiger partial charge is 0.419 e. The molecule has 0 saturated heterocycles. The number of carboxylic acid groups (broad SMARTS) is 1. The van der Waals surface area contributed by atoms with Crippen molar-refractivity contribution in [3.8, 4) is 11.1 Å². The van der Waals surface area contributed by atoms with Gasteiger partial charge in [0.15, 0.2) is 0 Å². The minimum absolute atomic E-state index is 0.0855. The van der Waals surface area contributed by atoms with Crippen LogP contribution >= 0.6 is 0 Å². The summed E-state index contributed by atoms with van der Waals surface area (Å²) in [4.78, 5) is 34.8. The number of fused-ring (bicyclic) bond motifs is 3. The van der Waals surface area contributed by atoms with Crippen molar-refractivity contribution in [3.05, 3.63) is 59.7 Å². The van der Waals surface area contributed by atoms with Crippen molar-refractivity contribution in [2.45, 2.75) is 37.9 Å². The highest BCUT2D eigenvalue weighted by Gasteiger charge is 2.46. The van der Waals surface area contributed by atoms with Gasteiger partial charge in [-0.15, -0.1) is 0 Å². The molecule has 0 aromatic heterocycles. The van der Waals surface area contributed by atoms with Crippen molar-refractivity contribution in [1.82, 2.24) is 10.6 Å². The number of amides is 2. The molecule has 10 heteroatoms. The summed E-state index contributed by atoms with van der Waals surface area (Å²) in [5.41, 5.74) is 4.37. The van der Waals surface area contributed by atoms with Crippen molar-refractivity contribution >= 4 is 18.0 Å². The molecule has 1 aliphatic rings. The molecule has 0 bridgehead atoms. The maximum Gasteiger partial charge on any atom is 0.419 e. The van der Waals surface area contributed by atoms with Crippen LogP contribution in [0, 0.1) is 5.92 Å². The molecule has 3 rings (SSSR count). The topological polar surface area (TPSA) is 105 Å². The lowest BCUT2D eigenvalue weighted by Crippen LogP contribution is -2.52. The molecule has 2 unspecified atom stereocenters. The first-order valence-electron chi connectivity index (χ1n) is 10.8. The monoisotopic (exact) mass is 478 g/mol. The number of alkyl halides is 3. The van der Waals surface area contributed by atoms with Crippen molar-refractivity contribution < 1.29 is 37.4 Å². The molecular formula is C24H25F3N2O5. The number of benzene rings is 2. The molecular weight excluding hydrogens is 453 g/mol. The normalized spacial score (nSPS) is 14.5. The Balaban J connectivity index is 1.42. The molecule has 34 heavy (non-hydrogen) atoms. The van der Waals surface area contributed by atoms with E-state index in [-0.39, 0.29) is 25.5 Å². The highest BCUT2D eigenvalue weighted by Crippen LogP contribution is 2.44. The second-order valence-electron chi connectivity index (χ2n) is 8.12. The second-order valence-corrected chi connectivity index (χ2v) is 8.12. The Bertz CT molecular complexity index is 1010. The minimum atomic E-state index is -5.09. The van der Waals surface area contributed by atoms with Gasteiger partial charge in [-0.05, 0) is 35.1 Å². The van der Waals surface area contributed by atoms with E-state index >= 15 is 0 Å². The van der Waals surface area contributed by atoms with E-state index in [0.29, 0.717) is 6.42 Å². The molecule has 0 spiro atoms. The average molecular weight is 478 g/mol. The lowest BCUT2D eigenvalue weighted by Gasteiger charge is -2.20. The van der Waals surface area contributed by atoms with Gasteiger partial charge in [-0.2, -0.15) is 13.2 Å². The number of ether oxygens (including phenoxy) is 1. The van der Waals surface area contributed by atoms with E-state index in [1.54, 1.807) is 0 Å². The van der Waals surface area contributed by atoms with Crippen LogP contribution in [0.5, 0.6) is 0 Å². The molecule has 0 radical (unpaired) electrons. The quantitative estimate of drug-likeness (QED) is 0.472. The lowest BCUT2D eigenvalue weighted by molar-refractivity contribution is -0.182. The van der Waals surface area contributed by atoms with Crippen LogP contribution in [0.2, 0.25) is 0 Å². The van der Waals surface area contributed by atoms with Gasteiger partial charge in [0, 0.05) is 18.4 Å². The highest BCUT2D eigenvalue weighted by molar-refractivity contribution is 5.85. The average Bonchev–Trinajstić information content (AvgIpc) is 3.11. The van der Waals surface area contributed by atoms with Crippen LogP contribution in [-0.4, -0.2) is 48.4 Å². The number of rotatable bonds is 9. The van der Waals surface area contributed by atoms with Gasteiger partial charge < -0.3 is 20.5 Å². The number of hydrogen-bond donors (Lipinski definition) is 3. The van der Waals surface area contributed by atoms with E-state index < -0.39 is 36.1 Å². The van der Waals surface area contributed by atoms with E-state index in [4.69, 9.17) is 9.84 Å². The van der Waals surface area contributed by atoms with Gasteiger partial charge in [-0.1, -0.05) is 55.5 Å². The summed E-state index contributed by atoms with van der Waals surface area (Å²) in [6.07, 6.45) is -5.28. The van der Waals surface area contributed by atoms with Crippen molar-refractivity contribution in [3.63, 3.8) is 0 Å². The van der Waals surface area contributed by atoms with Gasteiger partial charge in [0.05, 0.1) is 0 Å². The van der Waals surface area contributed by atoms with E-state index in [0.717, 1.165) is 22.3 Å². The van der Waals surface area contributed by atoms with Crippen LogP contribution in [0.1, 0.15) is 36.8 Å². The Morgan fingerprint density at radius 2 is 1.59 bits per heavy atom. The van der Waals surface area contributed by atoms with E-state index in [2.05, 4.69) is 5.32 Å². The second kappa shape index (κ2) is 10.6. The number of hydrogen-bond acceptors (Lipinski definition) is 4. The zero-order chi connectivity index (χ0) is 24.9. The van der Waals surface area contributed by atoms with Crippen LogP contribution in [0.15, 0.2) is 48.5 Å². The van der Waals surface area contributed by atoms with Crippen LogP contribution in [0.25, 0.3) is 11.1 Å². The fourth-order valence-electron chi connectivity index (χ4n) is 3.95. The Morgan fingerprint density at radius 3 is 2.12 bits per heavy atom. The summed E-state index contributed by atoms with van der Waals surface area (Å²) in [6.45, 7) is 1.68. The highest BCUT2D eigenvalue weighted by atomic mass is 19.4. The summed E-state index contributed by atoms with van der Waals surface area (Å²) in [5.74, 6) is -4.15. The maximum absolute atomic E-state index is 12.7. The van der Waals surface area contributed by atoms with E-state index in [9.17, 15) is 27.6 Å². The first-order valence-corrected chi connectivity index (χ1v) is 10.8. The summed E-state index contributed by atoms with van der Waals surface area (Å²) in [5, 5.41) is 12.7. The SMILES string of the molecule is CC(CCCNC(=O)OCC1c2ccccc2-c2ccccc21)C(=O)NC(C(=O)O)C(F)(F)F. The zero-order valence-electron chi connectivity index (χ0n) is 18.4. The summed E-state index contributed by atoms with van der Waals surface area (Å²) in [7, 11) is 0. The Morgan fingerprint density at radius 1 is 1.03 bits per heavy atom. The van der Waals surface area contributed by atoms with Gasteiger partial charge >= 0.3 is 18.2 Å². The molecule has 3 N–H and O–H groups in total. The Hall–Kier alpha value is -3.56. The fraction of sp³-hybridized carbons (Fsp3) is 0.375. The molecule has 0 heterocycles. The number of carbonyl (C=O) groups is 3. The third-order valence-electron chi connectivity index (χ3n) is 5.74.